The molecule has 0 atom stereocenters. The first-order chi connectivity index (χ1) is 11.8. The number of nitrogens with zero attached hydrogens (tertiary/aromatic N) is 1. The van der Waals surface area contributed by atoms with Crippen LogP contribution in [0.2, 0.25) is 0 Å². The Morgan fingerprint density at radius 1 is 1.17 bits per heavy atom. The van der Waals surface area contributed by atoms with E-state index >= 15 is 0 Å². The van der Waals surface area contributed by atoms with E-state index in [2.05, 4.69) is 34.5 Å². The highest BCUT2D eigenvalue weighted by atomic mass is 32.2. The van der Waals surface area contributed by atoms with Crippen molar-refractivity contribution in [2.75, 3.05) is 19.0 Å². The number of carbonyl (C=O) groups excluding carboxylic acids is 1. The van der Waals surface area contributed by atoms with E-state index in [-0.39, 0.29) is 5.91 Å². The normalized spacial score (nSPS) is 15.3. The largest absolute Gasteiger partial charge is 0.381 e. The minimum Gasteiger partial charge on any atom is -0.381 e. The van der Waals surface area contributed by atoms with Gasteiger partial charge in [-0.05, 0) is 36.4 Å². The molecule has 3 nitrogen and oxygen atoms in total. The second-order valence-corrected chi connectivity index (χ2v) is 8.06. The van der Waals surface area contributed by atoms with Gasteiger partial charge in [-0.3, -0.25) is 4.79 Å². The van der Waals surface area contributed by atoms with Crippen LogP contribution in [0.3, 0.4) is 0 Å². The van der Waals surface area contributed by atoms with Crippen molar-refractivity contribution < 1.29 is 9.53 Å². The molecule has 1 fully saturated rings. The summed E-state index contributed by atoms with van der Waals surface area (Å²) in [5.74, 6) is 1.09. The molecule has 0 radical (unpaired) electrons. The number of rotatable bonds is 7. The van der Waals surface area contributed by atoms with Crippen molar-refractivity contribution in [3.8, 4) is 0 Å². The highest BCUT2D eigenvalue weighted by Crippen LogP contribution is 2.23. The maximum atomic E-state index is 12.8. The molecule has 1 saturated heterocycles. The summed E-state index contributed by atoms with van der Waals surface area (Å²) in [6, 6.07) is 14.8. The summed E-state index contributed by atoms with van der Waals surface area (Å²) in [5.41, 5.74) is 0. The summed E-state index contributed by atoms with van der Waals surface area (Å²) in [5, 5.41) is 2.08. The van der Waals surface area contributed by atoms with Crippen LogP contribution >= 0.6 is 23.1 Å². The third kappa shape index (κ3) is 5.10. The number of hydrogen-bond acceptors (Lipinski definition) is 4. The summed E-state index contributed by atoms with van der Waals surface area (Å²) >= 11 is 3.47. The van der Waals surface area contributed by atoms with E-state index in [1.807, 2.05) is 18.2 Å². The molecule has 5 heteroatoms. The van der Waals surface area contributed by atoms with E-state index in [4.69, 9.17) is 4.74 Å². The molecule has 1 aromatic carbocycles. The van der Waals surface area contributed by atoms with Crippen LogP contribution in [0.25, 0.3) is 0 Å². The Morgan fingerprint density at radius 2 is 1.96 bits per heavy atom. The molecule has 0 aliphatic carbocycles. The quantitative estimate of drug-likeness (QED) is 0.683. The predicted octanol–water partition coefficient (Wildman–Crippen LogP) is 4.44. The second kappa shape index (κ2) is 9.25. The molecular formula is C19H23NO2S2. The Bertz CT molecular complexity index is 610. The van der Waals surface area contributed by atoms with Gasteiger partial charge in [0.2, 0.25) is 5.91 Å². The molecule has 0 N–H and O–H groups in total. The number of amides is 1. The van der Waals surface area contributed by atoms with E-state index in [0.29, 0.717) is 12.5 Å². The molecule has 24 heavy (non-hydrogen) atoms. The van der Waals surface area contributed by atoms with Crippen LogP contribution in [-0.4, -0.2) is 35.8 Å². The number of carbonyl (C=O) groups is 1. The Morgan fingerprint density at radius 3 is 2.67 bits per heavy atom. The predicted molar refractivity (Wildman–Crippen MR) is 100 cm³/mol. The topological polar surface area (TPSA) is 29.5 Å². The molecular weight excluding hydrogens is 338 g/mol. The summed E-state index contributed by atoms with van der Waals surface area (Å²) < 4.78 is 5.46. The zero-order chi connectivity index (χ0) is 16.6. The van der Waals surface area contributed by atoms with Crippen molar-refractivity contribution in [2.45, 2.75) is 36.7 Å². The number of benzene rings is 1. The van der Waals surface area contributed by atoms with Gasteiger partial charge in [0.1, 0.15) is 0 Å². The lowest BCUT2D eigenvalue weighted by molar-refractivity contribution is -0.135. The Hall–Kier alpha value is -1.30. The second-order valence-electron chi connectivity index (χ2n) is 5.86. The molecule has 2 heterocycles. The van der Waals surface area contributed by atoms with Crippen LogP contribution in [0.1, 0.15) is 24.1 Å². The molecule has 0 unspecified atom stereocenters. The first-order valence-electron chi connectivity index (χ1n) is 8.40. The van der Waals surface area contributed by atoms with Crippen LogP contribution in [0, 0.1) is 0 Å². The van der Waals surface area contributed by atoms with Gasteiger partial charge >= 0.3 is 0 Å². The van der Waals surface area contributed by atoms with Crippen molar-refractivity contribution in [1.29, 1.82) is 0 Å². The molecule has 1 aromatic heterocycles. The van der Waals surface area contributed by atoms with Crippen LogP contribution in [-0.2, 0) is 16.1 Å². The zero-order valence-corrected chi connectivity index (χ0v) is 15.4. The lowest BCUT2D eigenvalue weighted by Gasteiger charge is -2.34. The summed E-state index contributed by atoms with van der Waals surface area (Å²) in [6.45, 7) is 2.26. The van der Waals surface area contributed by atoms with E-state index in [1.165, 1.54) is 9.77 Å². The van der Waals surface area contributed by atoms with Crippen LogP contribution in [0.4, 0.5) is 0 Å². The van der Waals surface area contributed by atoms with Gasteiger partial charge in [-0.15, -0.1) is 23.1 Å². The molecule has 0 spiro atoms. The van der Waals surface area contributed by atoms with Gasteiger partial charge in [0.25, 0.3) is 0 Å². The molecule has 0 saturated carbocycles. The van der Waals surface area contributed by atoms with Crippen LogP contribution in [0.5, 0.6) is 0 Å². The number of thioether (sulfide) groups is 1. The van der Waals surface area contributed by atoms with Crippen molar-refractivity contribution in [3.63, 3.8) is 0 Å². The summed E-state index contributed by atoms with van der Waals surface area (Å²) in [6.07, 6.45) is 2.48. The fourth-order valence-electron chi connectivity index (χ4n) is 2.90. The molecule has 1 aliphatic heterocycles. The third-order valence-corrected chi connectivity index (χ3v) is 6.06. The van der Waals surface area contributed by atoms with Crippen LogP contribution in [0.15, 0.2) is 52.7 Å². The van der Waals surface area contributed by atoms with Gasteiger partial charge in [0, 0.05) is 41.2 Å². The minimum absolute atomic E-state index is 0.263. The molecule has 128 valence electrons. The minimum atomic E-state index is 0.263. The molecule has 3 rings (SSSR count). The average Bonchev–Trinajstić information content (AvgIpc) is 3.14. The summed E-state index contributed by atoms with van der Waals surface area (Å²) in [4.78, 5) is 17.4. The van der Waals surface area contributed by atoms with Gasteiger partial charge < -0.3 is 9.64 Å². The molecule has 2 aromatic rings. The highest BCUT2D eigenvalue weighted by Gasteiger charge is 2.25. The number of hydrogen-bond donors (Lipinski definition) is 0. The Balaban J connectivity index is 1.57. The molecule has 1 amide bonds. The standard InChI is InChI=1S/C19H23NO2S2/c21-19(10-14-24-17-5-2-1-3-6-17)20(15-18-7-4-13-23-18)16-8-11-22-12-9-16/h1-7,13,16H,8-12,14-15H2. The maximum absolute atomic E-state index is 12.8. The van der Waals surface area contributed by atoms with Gasteiger partial charge in [-0.1, -0.05) is 24.3 Å². The smallest absolute Gasteiger partial charge is 0.223 e. The Kier molecular flexibility index (Phi) is 6.75. The fraction of sp³-hybridized carbons (Fsp3) is 0.421. The van der Waals surface area contributed by atoms with Crippen molar-refractivity contribution >= 4 is 29.0 Å². The van der Waals surface area contributed by atoms with Crippen LogP contribution < -0.4 is 0 Å². The van der Waals surface area contributed by atoms with E-state index < -0.39 is 0 Å². The zero-order valence-electron chi connectivity index (χ0n) is 13.7. The number of ether oxygens (including phenoxy) is 1. The fourth-order valence-corrected chi connectivity index (χ4v) is 4.47. The molecule has 0 bridgehead atoms. The van der Waals surface area contributed by atoms with E-state index in [0.717, 1.165) is 38.4 Å². The lowest BCUT2D eigenvalue weighted by atomic mass is 10.1. The average molecular weight is 362 g/mol. The van der Waals surface area contributed by atoms with Crippen molar-refractivity contribution in [3.05, 3.63) is 52.7 Å². The SMILES string of the molecule is O=C(CCSc1ccccc1)N(Cc1cccs1)C1CCOCC1. The Labute approximate surface area is 152 Å². The molecule has 1 aliphatic rings. The first kappa shape index (κ1) is 17.5. The summed E-state index contributed by atoms with van der Waals surface area (Å²) in [7, 11) is 0. The van der Waals surface area contributed by atoms with Crippen molar-refractivity contribution in [1.82, 2.24) is 4.90 Å². The maximum Gasteiger partial charge on any atom is 0.223 e. The van der Waals surface area contributed by atoms with Gasteiger partial charge in [0.05, 0.1) is 6.54 Å². The van der Waals surface area contributed by atoms with E-state index in [9.17, 15) is 4.79 Å². The van der Waals surface area contributed by atoms with Gasteiger partial charge in [0.15, 0.2) is 0 Å². The first-order valence-corrected chi connectivity index (χ1v) is 10.3. The van der Waals surface area contributed by atoms with Gasteiger partial charge in [-0.2, -0.15) is 0 Å². The third-order valence-electron chi connectivity index (χ3n) is 4.19. The van der Waals surface area contributed by atoms with Gasteiger partial charge in [-0.25, -0.2) is 0 Å². The number of thiophene rings is 1. The monoisotopic (exact) mass is 361 g/mol. The highest BCUT2D eigenvalue weighted by molar-refractivity contribution is 7.99. The lowest BCUT2D eigenvalue weighted by Crippen LogP contribution is -2.42. The van der Waals surface area contributed by atoms with E-state index in [1.54, 1.807) is 23.1 Å². The van der Waals surface area contributed by atoms with Crippen molar-refractivity contribution in [2.24, 2.45) is 0 Å².